The highest BCUT2D eigenvalue weighted by atomic mass is 35.5. The largest absolute Gasteiger partial charge is 0.465 e. The fraction of sp³-hybridized carbons (Fsp3) is 0.455. The summed E-state index contributed by atoms with van der Waals surface area (Å²) >= 11 is 5.94. The molecule has 0 spiro atoms. The highest BCUT2D eigenvalue weighted by Gasteiger charge is 2.22. The van der Waals surface area contributed by atoms with Gasteiger partial charge >= 0.3 is 0 Å². The van der Waals surface area contributed by atoms with Crippen LogP contribution in [0.4, 0.5) is 0 Å². The number of aryl methyl sites for hydroxylation is 1. The van der Waals surface area contributed by atoms with E-state index < -0.39 is 0 Å². The van der Waals surface area contributed by atoms with Gasteiger partial charge in [-0.25, -0.2) is 0 Å². The number of rotatable bonds is 7. The van der Waals surface area contributed by atoms with Gasteiger partial charge < -0.3 is 8.94 Å². The Bertz CT molecular complexity index is 913. The molecule has 1 saturated heterocycles. The van der Waals surface area contributed by atoms with Crippen LogP contribution in [0.5, 0.6) is 0 Å². The average molecular weight is 415 g/mol. The maximum atomic E-state index is 5.94. The third kappa shape index (κ3) is 5.47. The normalized spacial score (nSPS) is 16.0. The lowest BCUT2D eigenvalue weighted by Crippen LogP contribution is -2.37. The Hall–Kier alpha value is -2.15. The van der Waals surface area contributed by atoms with Gasteiger partial charge in [0.2, 0.25) is 11.7 Å². The first-order valence-electron chi connectivity index (χ1n) is 10.1. The molecule has 7 heteroatoms. The van der Waals surface area contributed by atoms with Crippen molar-refractivity contribution >= 4 is 11.6 Å². The Labute approximate surface area is 176 Å². The van der Waals surface area contributed by atoms with Gasteiger partial charge in [-0.2, -0.15) is 4.98 Å². The Morgan fingerprint density at radius 2 is 1.90 bits per heavy atom. The van der Waals surface area contributed by atoms with Gasteiger partial charge in [-0.3, -0.25) is 9.80 Å². The monoisotopic (exact) mass is 414 g/mol. The van der Waals surface area contributed by atoms with Crippen LogP contribution in [0.2, 0.25) is 5.02 Å². The first-order valence-corrected chi connectivity index (χ1v) is 10.5. The predicted molar refractivity (Wildman–Crippen MR) is 113 cm³/mol. The number of hydrogen-bond donors (Lipinski definition) is 0. The zero-order chi connectivity index (χ0) is 20.2. The van der Waals surface area contributed by atoms with Crippen molar-refractivity contribution < 1.29 is 8.94 Å². The number of nitrogens with zero attached hydrogens (tertiary/aromatic N) is 4. The summed E-state index contributed by atoms with van der Waals surface area (Å²) in [4.78, 5) is 9.27. The van der Waals surface area contributed by atoms with Crippen molar-refractivity contribution in [3.05, 3.63) is 58.8 Å². The number of hydrogen-bond acceptors (Lipinski definition) is 6. The Kier molecular flexibility index (Phi) is 6.33. The zero-order valence-corrected chi connectivity index (χ0v) is 17.7. The molecule has 0 saturated carbocycles. The number of benzene rings is 1. The predicted octanol–water partition coefficient (Wildman–Crippen LogP) is 4.64. The van der Waals surface area contributed by atoms with Crippen molar-refractivity contribution in [2.45, 2.75) is 32.9 Å². The van der Waals surface area contributed by atoms with Gasteiger partial charge in [-0.05, 0) is 82.2 Å². The summed E-state index contributed by atoms with van der Waals surface area (Å²) in [5, 5.41) is 4.79. The maximum Gasteiger partial charge on any atom is 0.241 e. The number of piperidine rings is 1. The average Bonchev–Trinajstić information content (AvgIpc) is 3.33. The minimum absolute atomic E-state index is 0.603. The molecule has 0 N–H and O–H groups in total. The summed E-state index contributed by atoms with van der Waals surface area (Å²) in [7, 11) is 2.12. The summed E-state index contributed by atoms with van der Waals surface area (Å²) in [6.45, 7) is 6.82. The highest BCUT2D eigenvalue weighted by Crippen LogP contribution is 2.22. The van der Waals surface area contributed by atoms with Crippen LogP contribution in [0.15, 0.2) is 45.3 Å². The summed E-state index contributed by atoms with van der Waals surface area (Å²) < 4.78 is 11.1. The third-order valence-electron chi connectivity index (χ3n) is 5.43. The van der Waals surface area contributed by atoms with Gasteiger partial charge in [0.15, 0.2) is 0 Å². The molecule has 3 aromatic rings. The Morgan fingerprint density at radius 1 is 1.14 bits per heavy atom. The molecular formula is C22H27ClN4O2. The second-order valence-corrected chi connectivity index (χ2v) is 8.38. The molecule has 0 atom stereocenters. The van der Waals surface area contributed by atoms with Crippen molar-refractivity contribution in [3.8, 4) is 11.4 Å². The lowest BCUT2D eigenvalue weighted by molar-refractivity contribution is 0.135. The first-order chi connectivity index (χ1) is 14.0. The van der Waals surface area contributed by atoms with Crippen molar-refractivity contribution in [1.82, 2.24) is 19.9 Å². The number of halogens is 1. The lowest BCUT2D eigenvalue weighted by Gasteiger charge is -2.33. The molecule has 0 amide bonds. The van der Waals surface area contributed by atoms with Crippen molar-refractivity contribution in [3.63, 3.8) is 0 Å². The number of aromatic nitrogens is 2. The van der Waals surface area contributed by atoms with E-state index in [1.165, 1.54) is 12.8 Å². The fourth-order valence-corrected chi connectivity index (χ4v) is 4.02. The lowest BCUT2D eigenvalue weighted by atomic mass is 9.96. The standard InChI is InChI=1S/C22H27ClN4O2/c1-16-3-8-20(28-16)14-27-11-9-17(10-12-27)13-26(2)15-21-24-22(25-29-21)18-4-6-19(23)7-5-18/h3-8,17H,9-15H2,1-2H3. The van der Waals surface area contributed by atoms with E-state index >= 15 is 0 Å². The molecule has 2 aromatic heterocycles. The second kappa shape index (κ2) is 9.11. The van der Waals surface area contributed by atoms with Crippen LogP contribution in [0.25, 0.3) is 11.4 Å². The molecule has 0 aliphatic carbocycles. The van der Waals surface area contributed by atoms with Gasteiger partial charge in [0.05, 0.1) is 13.1 Å². The van der Waals surface area contributed by atoms with E-state index in [-0.39, 0.29) is 0 Å². The van der Waals surface area contributed by atoms with E-state index in [9.17, 15) is 0 Å². The van der Waals surface area contributed by atoms with Crippen molar-refractivity contribution in [2.75, 3.05) is 26.7 Å². The summed E-state index contributed by atoms with van der Waals surface area (Å²) in [5.74, 6) is 3.98. The zero-order valence-electron chi connectivity index (χ0n) is 17.0. The first kappa shape index (κ1) is 20.1. The van der Waals surface area contributed by atoms with Gasteiger partial charge in [-0.1, -0.05) is 16.8 Å². The SMILES string of the molecule is Cc1ccc(CN2CCC(CN(C)Cc3nc(-c4ccc(Cl)cc4)no3)CC2)o1. The molecule has 1 fully saturated rings. The van der Waals surface area contributed by atoms with Crippen molar-refractivity contribution in [2.24, 2.45) is 5.92 Å². The van der Waals surface area contributed by atoms with E-state index in [2.05, 4.69) is 33.1 Å². The molecule has 3 heterocycles. The van der Waals surface area contributed by atoms with Gasteiger partial charge in [0, 0.05) is 17.1 Å². The Morgan fingerprint density at radius 3 is 2.59 bits per heavy atom. The van der Waals surface area contributed by atoms with E-state index in [4.69, 9.17) is 20.5 Å². The maximum absolute atomic E-state index is 5.94. The molecule has 1 aromatic carbocycles. The van der Waals surface area contributed by atoms with Gasteiger partial charge in [-0.15, -0.1) is 0 Å². The van der Waals surface area contributed by atoms with E-state index in [1.807, 2.05) is 37.3 Å². The van der Waals surface area contributed by atoms with E-state index in [1.54, 1.807) is 0 Å². The van der Waals surface area contributed by atoms with E-state index in [0.717, 1.165) is 43.3 Å². The quantitative estimate of drug-likeness (QED) is 0.561. The highest BCUT2D eigenvalue weighted by molar-refractivity contribution is 6.30. The van der Waals surface area contributed by atoms with Crippen LogP contribution in [-0.4, -0.2) is 46.6 Å². The van der Waals surface area contributed by atoms with Crippen LogP contribution < -0.4 is 0 Å². The van der Waals surface area contributed by atoms with Crippen LogP contribution in [-0.2, 0) is 13.1 Å². The minimum atomic E-state index is 0.603. The molecule has 154 valence electrons. The molecule has 1 aliphatic rings. The molecule has 6 nitrogen and oxygen atoms in total. The number of furan rings is 1. The molecule has 0 bridgehead atoms. The second-order valence-electron chi connectivity index (χ2n) is 7.95. The molecule has 4 rings (SSSR count). The van der Waals surface area contributed by atoms with Gasteiger partial charge in [0.25, 0.3) is 0 Å². The van der Waals surface area contributed by atoms with Crippen molar-refractivity contribution in [1.29, 1.82) is 0 Å². The van der Waals surface area contributed by atoms with E-state index in [0.29, 0.717) is 29.2 Å². The topological polar surface area (TPSA) is 58.5 Å². The smallest absolute Gasteiger partial charge is 0.241 e. The van der Waals surface area contributed by atoms with Crippen LogP contribution in [0.1, 0.15) is 30.3 Å². The molecule has 0 radical (unpaired) electrons. The van der Waals surface area contributed by atoms with Crippen LogP contribution >= 0.6 is 11.6 Å². The Balaban J connectivity index is 1.23. The van der Waals surface area contributed by atoms with Gasteiger partial charge in [0.1, 0.15) is 11.5 Å². The molecule has 1 aliphatic heterocycles. The minimum Gasteiger partial charge on any atom is -0.465 e. The third-order valence-corrected chi connectivity index (χ3v) is 5.68. The molecule has 0 unspecified atom stereocenters. The van der Waals surface area contributed by atoms with Crippen LogP contribution in [0.3, 0.4) is 0 Å². The molecule has 29 heavy (non-hydrogen) atoms. The molecular weight excluding hydrogens is 388 g/mol. The number of likely N-dealkylation sites (tertiary alicyclic amines) is 1. The summed E-state index contributed by atoms with van der Waals surface area (Å²) in [6.07, 6.45) is 2.40. The summed E-state index contributed by atoms with van der Waals surface area (Å²) in [6, 6.07) is 11.6. The summed E-state index contributed by atoms with van der Waals surface area (Å²) in [5.41, 5.74) is 0.908. The van der Waals surface area contributed by atoms with Crippen LogP contribution in [0, 0.1) is 12.8 Å². The fourth-order valence-electron chi connectivity index (χ4n) is 3.89.